The number of ether oxygens (including phenoxy) is 5. The molecule has 3 saturated heterocycles. The van der Waals surface area contributed by atoms with Crippen LogP contribution in [0.3, 0.4) is 0 Å². The first-order valence-corrected chi connectivity index (χ1v) is 9.56. The average molecular weight is 430 g/mol. The first-order valence-electron chi connectivity index (χ1n) is 9.56. The molecule has 0 saturated carbocycles. The number of hydrogen-bond donors (Lipinski definition) is 0. The molecular weight excluding hydrogens is 409 g/mol. The summed E-state index contributed by atoms with van der Waals surface area (Å²) in [4.78, 5) is 24.6. The van der Waals surface area contributed by atoms with Gasteiger partial charge in [0.1, 0.15) is 6.10 Å². The maximum absolute atomic E-state index is 12.7. The van der Waals surface area contributed by atoms with Crippen molar-refractivity contribution in [1.29, 1.82) is 0 Å². The third-order valence-electron chi connectivity index (χ3n) is 5.71. The predicted octanol–water partition coefficient (Wildman–Crippen LogP) is 3.12. The molecule has 3 aliphatic rings. The second kappa shape index (κ2) is 7.21. The molecular formula is C20H21F3O7. The molecule has 10 heteroatoms. The Labute approximate surface area is 170 Å². The Morgan fingerprint density at radius 1 is 1.03 bits per heavy atom. The third-order valence-corrected chi connectivity index (χ3v) is 5.71. The van der Waals surface area contributed by atoms with Crippen LogP contribution in [0.2, 0.25) is 0 Å². The zero-order valence-electron chi connectivity index (χ0n) is 16.5. The minimum Gasteiger partial charge on any atom is -0.454 e. The lowest BCUT2D eigenvalue weighted by atomic mass is 9.90. The van der Waals surface area contributed by atoms with Crippen LogP contribution in [0.25, 0.3) is 0 Å². The molecule has 1 unspecified atom stereocenters. The van der Waals surface area contributed by atoms with Crippen molar-refractivity contribution < 1.29 is 46.4 Å². The topological polar surface area (TPSA) is 80.3 Å². The molecule has 0 bridgehead atoms. The number of fused-ring (bicyclic) bond motifs is 3. The summed E-state index contributed by atoms with van der Waals surface area (Å²) >= 11 is 0. The molecule has 0 aromatic heterocycles. The van der Waals surface area contributed by atoms with E-state index in [1.165, 1.54) is 12.1 Å². The number of carbonyl (C=O) groups excluding carboxylic acids is 2. The maximum Gasteiger partial charge on any atom is 0.416 e. The smallest absolute Gasteiger partial charge is 0.416 e. The quantitative estimate of drug-likeness (QED) is 0.679. The number of carbonyl (C=O) groups is 2. The van der Waals surface area contributed by atoms with Crippen molar-refractivity contribution in [1.82, 2.24) is 0 Å². The monoisotopic (exact) mass is 430 g/mol. The summed E-state index contributed by atoms with van der Waals surface area (Å²) in [5.41, 5.74) is -1.19. The van der Waals surface area contributed by atoms with Crippen LogP contribution in [0.5, 0.6) is 0 Å². The second-order valence-corrected chi connectivity index (χ2v) is 8.12. The Morgan fingerprint density at radius 3 is 2.30 bits per heavy atom. The van der Waals surface area contributed by atoms with E-state index < -0.39 is 66.1 Å². The van der Waals surface area contributed by atoms with Crippen LogP contribution in [0, 0.1) is 5.41 Å². The van der Waals surface area contributed by atoms with Crippen LogP contribution in [0.15, 0.2) is 24.3 Å². The molecule has 0 N–H and O–H groups in total. The summed E-state index contributed by atoms with van der Waals surface area (Å²) in [5.74, 6) is -1.27. The minimum atomic E-state index is -4.44. The van der Waals surface area contributed by atoms with E-state index in [-0.39, 0.29) is 0 Å². The number of benzene rings is 1. The van der Waals surface area contributed by atoms with Crippen LogP contribution >= 0.6 is 0 Å². The van der Waals surface area contributed by atoms with Crippen LogP contribution in [-0.2, 0) is 39.4 Å². The van der Waals surface area contributed by atoms with Crippen molar-refractivity contribution in [3.63, 3.8) is 0 Å². The lowest BCUT2D eigenvalue weighted by molar-refractivity contribution is -0.188. The van der Waals surface area contributed by atoms with Crippen LogP contribution in [0.1, 0.15) is 44.6 Å². The molecule has 3 heterocycles. The highest BCUT2D eigenvalue weighted by atomic mass is 19.4. The SMILES string of the molecule is CCC(C)(C)C(=O)O[C@@H]1C(=O)O[C@@H]2[C@H]3OC(c4ccc(C(F)(F)F)cc4)O[C@H]3O[C@@H]21. The second-order valence-electron chi connectivity index (χ2n) is 8.12. The van der Waals surface area contributed by atoms with Gasteiger partial charge in [-0.05, 0) is 32.4 Å². The first kappa shape index (κ1) is 21.1. The third kappa shape index (κ3) is 3.57. The molecule has 0 amide bonds. The Hall–Kier alpha value is -2.17. The van der Waals surface area contributed by atoms with Gasteiger partial charge < -0.3 is 23.7 Å². The minimum absolute atomic E-state index is 0.370. The van der Waals surface area contributed by atoms with Gasteiger partial charge >= 0.3 is 18.1 Å². The number of alkyl halides is 3. The number of esters is 2. The Balaban J connectivity index is 1.43. The summed E-state index contributed by atoms with van der Waals surface area (Å²) in [6.07, 6.45) is -9.52. The van der Waals surface area contributed by atoms with Crippen LogP contribution < -0.4 is 0 Å². The lowest BCUT2D eigenvalue weighted by Crippen LogP contribution is -2.39. The van der Waals surface area contributed by atoms with Gasteiger partial charge in [-0.15, -0.1) is 0 Å². The molecule has 3 aliphatic heterocycles. The van der Waals surface area contributed by atoms with E-state index in [9.17, 15) is 22.8 Å². The molecule has 0 spiro atoms. The molecule has 1 aromatic carbocycles. The van der Waals surface area contributed by atoms with Crippen molar-refractivity contribution in [2.45, 2.75) is 70.4 Å². The van der Waals surface area contributed by atoms with Gasteiger partial charge in [-0.2, -0.15) is 13.2 Å². The van der Waals surface area contributed by atoms with E-state index in [0.29, 0.717) is 12.0 Å². The molecule has 7 nitrogen and oxygen atoms in total. The van der Waals surface area contributed by atoms with Crippen LogP contribution in [0.4, 0.5) is 13.2 Å². The van der Waals surface area contributed by atoms with E-state index >= 15 is 0 Å². The zero-order chi connectivity index (χ0) is 21.8. The zero-order valence-corrected chi connectivity index (χ0v) is 16.5. The number of halogens is 3. The van der Waals surface area contributed by atoms with Gasteiger partial charge in [-0.3, -0.25) is 4.79 Å². The van der Waals surface area contributed by atoms with Gasteiger partial charge in [0.15, 0.2) is 24.8 Å². The van der Waals surface area contributed by atoms with Gasteiger partial charge in [-0.1, -0.05) is 19.1 Å². The fourth-order valence-electron chi connectivity index (χ4n) is 3.43. The Bertz CT molecular complexity index is 836. The van der Waals surface area contributed by atoms with E-state index in [1.807, 2.05) is 6.92 Å². The summed E-state index contributed by atoms with van der Waals surface area (Å²) < 4.78 is 66.0. The van der Waals surface area contributed by atoms with Crippen molar-refractivity contribution in [2.75, 3.05) is 0 Å². The highest BCUT2D eigenvalue weighted by molar-refractivity contribution is 5.84. The number of rotatable bonds is 4. The molecule has 1 aromatic rings. The molecule has 164 valence electrons. The first-order chi connectivity index (χ1) is 14.0. The summed E-state index contributed by atoms with van der Waals surface area (Å²) in [5, 5.41) is 0. The fraction of sp³-hybridized carbons (Fsp3) is 0.600. The molecule has 0 radical (unpaired) electrons. The standard InChI is InChI=1S/C20H21F3O7/c1-4-19(2,3)18(25)29-13-11-12(26-15(13)24)14-17(27-11)30-16(28-14)9-5-7-10(8-6-9)20(21,22)23/h5-8,11-14,16-17H,4H2,1-3H3/t11-,12-,13-,14+,16?,17+/m0/s1. The van der Waals surface area contributed by atoms with E-state index in [4.69, 9.17) is 23.7 Å². The van der Waals surface area contributed by atoms with Gasteiger partial charge in [0, 0.05) is 5.56 Å². The van der Waals surface area contributed by atoms with Crippen LogP contribution in [-0.4, -0.2) is 42.6 Å². The summed E-state index contributed by atoms with van der Waals surface area (Å²) in [6, 6.07) is 4.37. The van der Waals surface area contributed by atoms with Gasteiger partial charge in [-0.25, -0.2) is 4.79 Å². The Kier molecular flexibility index (Phi) is 5.06. The van der Waals surface area contributed by atoms with Crippen molar-refractivity contribution >= 4 is 11.9 Å². The van der Waals surface area contributed by atoms with Crippen molar-refractivity contribution in [3.8, 4) is 0 Å². The predicted molar refractivity (Wildman–Crippen MR) is 92.6 cm³/mol. The van der Waals surface area contributed by atoms with E-state index in [2.05, 4.69) is 0 Å². The van der Waals surface area contributed by atoms with Crippen molar-refractivity contribution in [2.24, 2.45) is 5.41 Å². The van der Waals surface area contributed by atoms with E-state index in [1.54, 1.807) is 13.8 Å². The highest BCUT2D eigenvalue weighted by Crippen LogP contribution is 2.44. The lowest BCUT2D eigenvalue weighted by Gasteiger charge is -2.24. The molecule has 4 rings (SSSR count). The maximum atomic E-state index is 12.7. The van der Waals surface area contributed by atoms with E-state index in [0.717, 1.165) is 12.1 Å². The Morgan fingerprint density at radius 2 is 1.70 bits per heavy atom. The largest absolute Gasteiger partial charge is 0.454 e. The summed E-state index contributed by atoms with van der Waals surface area (Å²) in [6.45, 7) is 5.24. The molecule has 30 heavy (non-hydrogen) atoms. The fourth-order valence-corrected chi connectivity index (χ4v) is 3.43. The highest BCUT2D eigenvalue weighted by Gasteiger charge is 2.63. The average Bonchev–Trinajstić information content (AvgIpc) is 3.32. The molecule has 6 atom stereocenters. The summed E-state index contributed by atoms with van der Waals surface area (Å²) in [7, 11) is 0. The van der Waals surface area contributed by atoms with Crippen molar-refractivity contribution in [3.05, 3.63) is 35.4 Å². The normalized spacial score (nSPS) is 33.2. The molecule has 0 aliphatic carbocycles. The molecule has 3 fully saturated rings. The van der Waals surface area contributed by atoms with Gasteiger partial charge in [0.05, 0.1) is 11.0 Å². The van der Waals surface area contributed by atoms with Gasteiger partial charge in [0.25, 0.3) is 0 Å². The van der Waals surface area contributed by atoms with Gasteiger partial charge in [0.2, 0.25) is 6.10 Å². The number of hydrogen-bond acceptors (Lipinski definition) is 7.